The molecule has 1 heterocycles. The van der Waals surface area contributed by atoms with Gasteiger partial charge in [-0.1, -0.05) is 30.3 Å². The average molecular weight is 249 g/mol. The van der Waals surface area contributed by atoms with Crippen LogP contribution in [0.3, 0.4) is 0 Å². The van der Waals surface area contributed by atoms with Crippen molar-refractivity contribution < 1.29 is 9.84 Å². The normalized spacial score (nSPS) is 23.6. The highest BCUT2D eigenvalue weighted by atomic mass is 16.5. The molecule has 0 amide bonds. The van der Waals surface area contributed by atoms with E-state index in [9.17, 15) is 5.11 Å². The lowest BCUT2D eigenvalue weighted by Crippen LogP contribution is -2.39. The van der Waals surface area contributed by atoms with Crippen LogP contribution in [0.15, 0.2) is 30.3 Å². The number of aliphatic hydroxyl groups is 1. The van der Waals surface area contributed by atoms with Crippen molar-refractivity contribution in [1.29, 1.82) is 0 Å². The Morgan fingerprint density at radius 1 is 1.39 bits per heavy atom. The fourth-order valence-corrected chi connectivity index (χ4v) is 2.39. The molecular formula is C15H23NO2. The Morgan fingerprint density at radius 3 is 2.83 bits per heavy atom. The van der Waals surface area contributed by atoms with Gasteiger partial charge in [0.15, 0.2) is 0 Å². The SMILES string of the molecule is CC(O)(CNCC1CCCOC1)c1ccccc1. The van der Waals surface area contributed by atoms with Gasteiger partial charge in [0.25, 0.3) is 0 Å². The number of rotatable bonds is 5. The van der Waals surface area contributed by atoms with Crippen LogP contribution in [0.1, 0.15) is 25.3 Å². The van der Waals surface area contributed by atoms with Crippen LogP contribution < -0.4 is 5.32 Å². The van der Waals surface area contributed by atoms with E-state index in [4.69, 9.17) is 4.74 Å². The van der Waals surface area contributed by atoms with Gasteiger partial charge in [-0.15, -0.1) is 0 Å². The predicted octanol–water partition coefficient (Wildman–Crippen LogP) is 1.91. The van der Waals surface area contributed by atoms with Gasteiger partial charge >= 0.3 is 0 Å². The molecule has 0 radical (unpaired) electrons. The van der Waals surface area contributed by atoms with Gasteiger partial charge in [-0.3, -0.25) is 0 Å². The summed E-state index contributed by atoms with van der Waals surface area (Å²) in [6.45, 7) is 5.10. The van der Waals surface area contributed by atoms with Crippen LogP contribution in [0.5, 0.6) is 0 Å². The van der Waals surface area contributed by atoms with Crippen LogP contribution in [0.4, 0.5) is 0 Å². The number of benzene rings is 1. The fraction of sp³-hybridized carbons (Fsp3) is 0.600. The molecule has 0 spiro atoms. The number of hydrogen-bond donors (Lipinski definition) is 2. The standard InChI is InChI=1S/C15H23NO2/c1-15(17,14-7-3-2-4-8-14)12-16-10-13-6-5-9-18-11-13/h2-4,7-8,13,16-17H,5-6,9-12H2,1H3. The molecule has 3 heteroatoms. The van der Waals surface area contributed by atoms with E-state index in [2.05, 4.69) is 5.32 Å². The minimum Gasteiger partial charge on any atom is -0.384 e. The van der Waals surface area contributed by atoms with Crippen molar-refractivity contribution in [3.63, 3.8) is 0 Å². The van der Waals surface area contributed by atoms with Gasteiger partial charge in [-0.25, -0.2) is 0 Å². The van der Waals surface area contributed by atoms with Crippen molar-refractivity contribution >= 4 is 0 Å². The summed E-state index contributed by atoms with van der Waals surface area (Å²) in [5.74, 6) is 0.588. The third-order valence-electron chi connectivity index (χ3n) is 3.55. The number of hydrogen-bond acceptors (Lipinski definition) is 3. The molecule has 3 nitrogen and oxygen atoms in total. The highest BCUT2D eigenvalue weighted by molar-refractivity contribution is 5.21. The molecule has 1 aliphatic heterocycles. The third-order valence-corrected chi connectivity index (χ3v) is 3.55. The van der Waals surface area contributed by atoms with E-state index in [0.29, 0.717) is 12.5 Å². The molecule has 2 atom stereocenters. The quantitative estimate of drug-likeness (QED) is 0.837. The van der Waals surface area contributed by atoms with Crippen molar-refractivity contribution in [1.82, 2.24) is 5.32 Å². The number of nitrogens with one attached hydrogen (secondary N) is 1. The first-order valence-corrected chi connectivity index (χ1v) is 6.75. The first kappa shape index (κ1) is 13.5. The van der Waals surface area contributed by atoms with E-state index in [1.165, 1.54) is 6.42 Å². The topological polar surface area (TPSA) is 41.5 Å². The maximum absolute atomic E-state index is 10.4. The lowest BCUT2D eigenvalue weighted by atomic mass is 9.95. The molecular weight excluding hydrogens is 226 g/mol. The zero-order valence-electron chi connectivity index (χ0n) is 11.1. The maximum atomic E-state index is 10.4. The summed E-state index contributed by atoms with van der Waals surface area (Å²) < 4.78 is 5.45. The van der Waals surface area contributed by atoms with Crippen LogP contribution in [0.2, 0.25) is 0 Å². The molecule has 1 saturated heterocycles. The van der Waals surface area contributed by atoms with E-state index in [1.807, 2.05) is 37.3 Å². The summed E-state index contributed by atoms with van der Waals surface area (Å²) in [4.78, 5) is 0. The fourth-order valence-electron chi connectivity index (χ4n) is 2.39. The Hall–Kier alpha value is -0.900. The van der Waals surface area contributed by atoms with Gasteiger partial charge < -0.3 is 15.2 Å². The molecule has 2 unspecified atom stereocenters. The molecule has 0 saturated carbocycles. The largest absolute Gasteiger partial charge is 0.384 e. The van der Waals surface area contributed by atoms with Gasteiger partial charge in [-0.05, 0) is 31.2 Å². The summed E-state index contributed by atoms with van der Waals surface area (Å²) >= 11 is 0. The van der Waals surface area contributed by atoms with Crippen LogP contribution in [-0.2, 0) is 10.3 Å². The lowest BCUT2D eigenvalue weighted by Gasteiger charge is -2.27. The first-order chi connectivity index (χ1) is 8.68. The lowest BCUT2D eigenvalue weighted by molar-refractivity contribution is 0.0394. The Bertz CT molecular complexity index is 345. The molecule has 1 aromatic carbocycles. The van der Waals surface area contributed by atoms with E-state index in [0.717, 1.165) is 31.7 Å². The highest BCUT2D eigenvalue weighted by Gasteiger charge is 2.23. The molecule has 1 aliphatic rings. The van der Waals surface area contributed by atoms with Crippen molar-refractivity contribution in [2.75, 3.05) is 26.3 Å². The Morgan fingerprint density at radius 2 is 2.17 bits per heavy atom. The van der Waals surface area contributed by atoms with Gasteiger partial charge in [0.05, 0.1) is 12.2 Å². The van der Waals surface area contributed by atoms with Gasteiger partial charge in [0.2, 0.25) is 0 Å². The smallest absolute Gasteiger partial charge is 0.0992 e. The summed E-state index contributed by atoms with van der Waals surface area (Å²) in [6, 6.07) is 9.81. The van der Waals surface area contributed by atoms with Crippen molar-refractivity contribution in [2.24, 2.45) is 5.92 Å². The zero-order valence-corrected chi connectivity index (χ0v) is 11.1. The van der Waals surface area contributed by atoms with Crippen LogP contribution in [0, 0.1) is 5.92 Å². The van der Waals surface area contributed by atoms with Gasteiger partial charge in [-0.2, -0.15) is 0 Å². The van der Waals surface area contributed by atoms with E-state index in [1.54, 1.807) is 0 Å². The maximum Gasteiger partial charge on any atom is 0.0992 e. The first-order valence-electron chi connectivity index (χ1n) is 6.75. The Labute approximate surface area is 109 Å². The van der Waals surface area contributed by atoms with Crippen LogP contribution in [0.25, 0.3) is 0 Å². The molecule has 0 aliphatic carbocycles. The predicted molar refractivity (Wildman–Crippen MR) is 72.4 cm³/mol. The minimum absolute atomic E-state index is 0.577. The molecule has 0 bridgehead atoms. The number of ether oxygens (including phenoxy) is 1. The molecule has 18 heavy (non-hydrogen) atoms. The second-order valence-electron chi connectivity index (χ2n) is 5.35. The molecule has 1 fully saturated rings. The minimum atomic E-state index is -0.809. The molecule has 0 aromatic heterocycles. The molecule has 100 valence electrons. The van der Waals surface area contributed by atoms with Crippen molar-refractivity contribution in [2.45, 2.75) is 25.4 Å². The Balaban J connectivity index is 1.78. The molecule has 1 aromatic rings. The van der Waals surface area contributed by atoms with Crippen molar-refractivity contribution in [3.8, 4) is 0 Å². The Kier molecular flexibility index (Phi) is 4.75. The van der Waals surface area contributed by atoms with Gasteiger partial charge in [0.1, 0.15) is 0 Å². The van der Waals surface area contributed by atoms with Crippen LogP contribution in [-0.4, -0.2) is 31.4 Å². The highest BCUT2D eigenvalue weighted by Crippen LogP contribution is 2.19. The third kappa shape index (κ3) is 3.80. The van der Waals surface area contributed by atoms with Crippen molar-refractivity contribution in [3.05, 3.63) is 35.9 Å². The second-order valence-corrected chi connectivity index (χ2v) is 5.35. The summed E-state index contributed by atoms with van der Waals surface area (Å²) in [6.07, 6.45) is 2.38. The van der Waals surface area contributed by atoms with E-state index < -0.39 is 5.60 Å². The van der Waals surface area contributed by atoms with E-state index in [-0.39, 0.29) is 0 Å². The average Bonchev–Trinajstić information content (AvgIpc) is 2.41. The summed E-state index contributed by atoms with van der Waals surface area (Å²) in [5, 5.41) is 13.8. The molecule has 2 rings (SSSR count). The monoisotopic (exact) mass is 249 g/mol. The van der Waals surface area contributed by atoms with Crippen LogP contribution >= 0.6 is 0 Å². The molecule has 2 N–H and O–H groups in total. The second kappa shape index (κ2) is 6.32. The zero-order chi connectivity index (χ0) is 12.8. The summed E-state index contributed by atoms with van der Waals surface area (Å²) in [7, 11) is 0. The van der Waals surface area contributed by atoms with Gasteiger partial charge in [0, 0.05) is 19.7 Å². The van der Waals surface area contributed by atoms with E-state index >= 15 is 0 Å². The summed E-state index contributed by atoms with van der Waals surface area (Å²) in [5.41, 5.74) is 0.147.